The van der Waals surface area contributed by atoms with Gasteiger partial charge < -0.3 is 19.5 Å². The van der Waals surface area contributed by atoms with Crippen molar-refractivity contribution in [1.29, 1.82) is 0 Å². The number of ether oxygens (including phenoxy) is 3. The normalized spacial score (nSPS) is 12.9. The number of hydrogen-bond acceptors (Lipinski definition) is 5. The van der Waals surface area contributed by atoms with E-state index in [2.05, 4.69) is 10.6 Å². The van der Waals surface area contributed by atoms with Crippen LogP contribution in [0.3, 0.4) is 0 Å². The molecule has 0 atom stereocenters. The molecule has 28 heavy (non-hydrogen) atoms. The van der Waals surface area contributed by atoms with Gasteiger partial charge in [-0.05, 0) is 39.0 Å². The standard InChI is InChI=1S/C20H21ClN2O5/c1-20(2,3)28-19(25)22-13-6-4-5-12(9-13)18(24)23-15-11-17-16(10-14(15)21)26-7-8-27-17/h4-6,9-11H,7-8H2,1-3H3,(H,22,25)(H,23,24). The zero-order valence-corrected chi connectivity index (χ0v) is 16.6. The smallest absolute Gasteiger partial charge is 0.412 e. The maximum absolute atomic E-state index is 12.6. The molecular formula is C20H21ClN2O5. The average molecular weight is 405 g/mol. The molecule has 2 aromatic rings. The highest BCUT2D eigenvalue weighted by molar-refractivity contribution is 6.34. The number of halogens is 1. The maximum atomic E-state index is 12.6. The van der Waals surface area contributed by atoms with Crippen LogP contribution in [0.25, 0.3) is 0 Å². The Hall–Kier alpha value is -2.93. The van der Waals surface area contributed by atoms with Crippen molar-refractivity contribution in [3.05, 3.63) is 47.0 Å². The van der Waals surface area contributed by atoms with E-state index in [1.807, 2.05) is 0 Å². The van der Waals surface area contributed by atoms with Crippen molar-refractivity contribution >= 4 is 35.0 Å². The molecule has 3 rings (SSSR count). The molecule has 2 N–H and O–H groups in total. The van der Waals surface area contributed by atoms with E-state index in [0.717, 1.165) is 0 Å². The molecule has 0 saturated heterocycles. The van der Waals surface area contributed by atoms with Gasteiger partial charge in [-0.2, -0.15) is 0 Å². The van der Waals surface area contributed by atoms with E-state index in [-0.39, 0.29) is 5.91 Å². The molecule has 0 saturated carbocycles. The summed E-state index contributed by atoms with van der Waals surface area (Å²) in [4.78, 5) is 24.5. The molecule has 1 aliphatic heterocycles. The second-order valence-electron chi connectivity index (χ2n) is 7.14. The van der Waals surface area contributed by atoms with Gasteiger partial charge in [-0.3, -0.25) is 10.1 Å². The Balaban J connectivity index is 1.72. The molecule has 0 spiro atoms. The SMILES string of the molecule is CC(C)(C)OC(=O)Nc1cccc(C(=O)Nc2cc3c(cc2Cl)OCCO3)c1. The first-order valence-electron chi connectivity index (χ1n) is 8.72. The quantitative estimate of drug-likeness (QED) is 0.773. The predicted octanol–water partition coefficient (Wildman–Crippen LogP) is 4.71. The summed E-state index contributed by atoms with van der Waals surface area (Å²) in [5.74, 6) is 0.676. The van der Waals surface area contributed by atoms with Crippen LogP contribution >= 0.6 is 11.6 Å². The van der Waals surface area contributed by atoms with Gasteiger partial charge in [-0.15, -0.1) is 0 Å². The number of rotatable bonds is 3. The van der Waals surface area contributed by atoms with E-state index in [0.29, 0.717) is 46.7 Å². The molecule has 148 valence electrons. The van der Waals surface area contributed by atoms with Crippen LogP contribution in [0, 0.1) is 0 Å². The number of carbonyl (C=O) groups excluding carboxylic acids is 2. The van der Waals surface area contributed by atoms with E-state index in [4.69, 9.17) is 25.8 Å². The van der Waals surface area contributed by atoms with Gasteiger partial charge in [-0.25, -0.2) is 4.79 Å². The molecule has 8 heteroatoms. The van der Waals surface area contributed by atoms with Crippen LogP contribution in [0.15, 0.2) is 36.4 Å². The molecular weight excluding hydrogens is 384 g/mol. The van der Waals surface area contributed by atoms with Crippen molar-refractivity contribution in [2.45, 2.75) is 26.4 Å². The van der Waals surface area contributed by atoms with Gasteiger partial charge in [0.05, 0.1) is 10.7 Å². The first-order chi connectivity index (χ1) is 13.2. The van der Waals surface area contributed by atoms with Crippen molar-refractivity contribution in [1.82, 2.24) is 0 Å². The molecule has 0 aromatic heterocycles. The van der Waals surface area contributed by atoms with Crippen molar-refractivity contribution < 1.29 is 23.8 Å². The summed E-state index contributed by atoms with van der Waals surface area (Å²) in [5, 5.41) is 5.69. The highest BCUT2D eigenvalue weighted by Gasteiger charge is 2.18. The Kier molecular flexibility index (Phi) is 5.65. The molecule has 0 aliphatic carbocycles. The number of nitrogens with one attached hydrogen (secondary N) is 2. The summed E-state index contributed by atoms with van der Waals surface area (Å²) in [5.41, 5.74) is 0.574. The third kappa shape index (κ3) is 5.07. The van der Waals surface area contributed by atoms with Crippen LogP contribution in [0.5, 0.6) is 11.5 Å². The molecule has 2 aromatic carbocycles. The zero-order chi connectivity index (χ0) is 20.3. The monoisotopic (exact) mass is 404 g/mol. The minimum atomic E-state index is -0.617. The van der Waals surface area contributed by atoms with Crippen molar-refractivity contribution in [2.75, 3.05) is 23.8 Å². The number of amides is 2. The fraction of sp³-hybridized carbons (Fsp3) is 0.300. The maximum Gasteiger partial charge on any atom is 0.412 e. The second-order valence-corrected chi connectivity index (χ2v) is 7.54. The fourth-order valence-corrected chi connectivity index (χ4v) is 2.71. The van der Waals surface area contributed by atoms with E-state index >= 15 is 0 Å². The van der Waals surface area contributed by atoms with Crippen molar-refractivity contribution in [3.63, 3.8) is 0 Å². The molecule has 1 aliphatic rings. The first kappa shape index (κ1) is 19.8. The molecule has 7 nitrogen and oxygen atoms in total. The molecule has 0 bridgehead atoms. The van der Waals surface area contributed by atoms with Crippen molar-refractivity contribution in [3.8, 4) is 11.5 Å². The lowest BCUT2D eigenvalue weighted by atomic mass is 10.1. The van der Waals surface area contributed by atoms with Crippen LogP contribution in [0.4, 0.5) is 16.2 Å². The minimum absolute atomic E-state index is 0.334. The van der Waals surface area contributed by atoms with E-state index < -0.39 is 11.7 Å². The average Bonchev–Trinajstić information content (AvgIpc) is 2.61. The molecule has 0 unspecified atom stereocenters. The summed E-state index contributed by atoms with van der Waals surface area (Å²) < 4.78 is 16.2. The molecule has 0 radical (unpaired) electrons. The second kappa shape index (κ2) is 7.98. The van der Waals surface area contributed by atoms with E-state index in [9.17, 15) is 9.59 Å². The Morgan fingerprint density at radius 2 is 1.71 bits per heavy atom. The number of benzene rings is 2. The molecule has 2 amide bonds. The lowest BCUT2D eigenvalue weighted by Gasteiger charge is -2.20. The molecule has 1 heterocycles. The van der Waals surface area contributed by atoms with Gasteiger partial charge in [0.1, 0.15) is 18.8 Å². The van der Waals surface area contributed by atoms with Crippen LogP contribution in [-0.2, 0) is 4.74 Å². The minimum Gasteiger partial charge on any atom is -0.486 e. The lowest BCUT2D eigenvalue weighted by molar-refractivity contribution is 0.0635. The Morgan fingerprint density at radius 1 is 1.04 bits per heavy atom. The largest absolute Gasteiger partial charge is 0.486 e. The van der Waals surface area contributed by atoms with E-state index in [1.54, 1.807) is 57.2 Å². The Morgan fingerprint density at radius 3 is 2.39 bits per heavy atom. The third-order valence-electron chi connectivity index (χ3n) is 3.65. The van der Waals surface area contributed by atoms with Gasteiger partial charge in [-0.1, -0.05) is 17.7 Å². The van der Waals surface area contributed by atoms with Crippen LogP contribution in [0.1, 0.15) is 31.1 Å². The summed E-state index contributed by atoms with van der Waals surface area (Å²) in [6, 6.07) is 9.72. The zero-order valence-electron chi connectivity index (χ0n) is 15.8. The van der Waals surface area contributed by atoms with Crippen LogP contribution in [0.2, 0.25) is 5.02 Å². The summed E-state index contributed by atoms with van der Waals surface area (Å²) in [6.07, 6.45) is -0.597. The van der Waals surface area contributed by atoms with Gasteiger partial charge in [0.2, 0.25) is 0 Å². The number of anilines is 2. The number of hydrogen-bond donors (Lipinski definition) is 2. The fourth-order valence-electron chi connectivity index (χ4n) is 2.51. The van der Waals surface area contributed by atoms with Crippen molar-refractivity contribution in [2.24, 2.45) is 0 Å². The number of carbonyl (C=O) groups is 2. The summed E-state index contributed by atoms with van der Waals surface area (Å²) >= 11 is 6.23. The third-order valence-corrected chi connectivity index (χ3v) is 3.96. The topological polar surface area (TPSA) is 85.9 Å². The highest BCUT2D eigenvalue weighted by atomic mass is 35.5. The number of fused-ring (bicyclic) bond motifs is 1. The highest BCUT2D eigenvalue weighted by Crippen LogP contribution is 2.38. The van der Waals surface area contributed by atoms with E-state index in [1.165, 1.54) is 0 Å². The van der Waals surface area contributed by atoms with Crippen LogP contribution in [-0.4, -0.2) is 30.8 Å². The Labute approximate surface area is 167 Å². The van der Waals surface area contributed by atoms with Gasteiger partial charge in [0, 0.05) is 23.4 Å². The predicted molar refractivity (Wildman–Crippen MR) is 107 cm³/mol. The lowest BCUT2D eigenvalue weighted by Crippen LogP contribution is -2.27. The molecule has 0 fully saturated rings. The van der Waals surface area contributed by atoms with Gasteiger partial charge in [0.15, 0.2) is 11.5 Å². The van der Waals surface area contributed by atoms with Gasteiger partial charge >= 0.3 is 6.09 Å². The summed E-state index contributed by atoms with van der Waals surface area (Å²) in [6.45, 7) is 6.20. The first-order valence-corrected chi connectivity index (χ1v) is 9.10. The summed E-state index contributed by atoms with van der Waals surface area (Å²) in [7, 11) is 0. The Bertz CT molecular complexity index is 908. The van der Waals surface area contributed by atoms with Gasteiger partial charge in [0.25, 0.3) is 5.91 Å². The van der Waals surface area contributed by atoms with Crippen LogP contribution < -0.4 is 20.1 Å².